The van der Waals surface area contributed by atoms with E-state index in [2.05, 4.69) is 15.3 Å². The predicted octanol–water partition coefficient (Wildman–Crippen LogP) is 5.48. The van der Waals surface area contributed by atoms with Crippen molar-refractivity contribution >= 4 is 29.1 Å². The van der Waals surface area contributed by atoms with Crippen molar-refractivity contribution in [3.8, 4) is 11.4 Å². The highest BCUT2D eigenvalue weighted by Crippen LogP contribution is 2.32. The van der Waals surface area contributed by atoms with E-state index >= 15 is 0 Å². The predicted molar refractivity (Wildman–Crippen MR) is 121 cm³/mol. The Labute approximate surface area is 194 Å². The number of aryl methyl sites for hydroxylation is 1. The van der Waals surface area contributed by atoms with Crippen LogP contribution in [0.5, 0.6) is 0 Å². The molecule has 2 amide bonds. The SMILES string of the molecule is Cc1cc(N2CCN(C(=O)Nc3cccc(Cl)c3)CC2)nc(-c2cccc(C(F)(F)F)c2)n1. The number of rotatable bonds is 3. The first-order chi connectivity index (χ1) is 15.7. The Morgan fingerprint density at radius 3 is 2.42 bits per heavy atom. The average molecular weight is 476 g/mol. The highest BCUT2D eigenvalue weighted by Gasteiger charge is 2.31. The molecule has 33 heavy (non-hydrogen) atoms. The normalized spacial score (nSPS) is 14.3. The summed E-state index contributed by atoms with van der Waals surface area (Å²) in [5.74, 6) is 0.849. The molecule has 0 aliphatic carbocycles. The molecule has 0 bridgehead atoms. The summed E-state index contributed by atoms with van der Waals surface area (Å²) >= 11 is 5.96. The van der Waals surface area contributed by atoms with Gasteiger partial charge in [-0.15, -0.1) is 0 Å². The lowest BCUT2D eigenvalue weighted by Gasteiger charge is -2.35. The van der Waals surface area contributed by atoms with Crippen molar-refractivity contribution in [2.45, 2.75) is 13.1 Å². The second-order valence-electron chi connectivity index (χ2n) is 7.68. The van der Waals surface area contributed by atoms with Crippen molar-refractivity contribution in [2.75, 3.05) is 36.4 Å². The summed E-state index contributed by atoms with van der Waals surface area (Å²) in [6.07, 6.45) is -4.44. The Hall–Kier alpha value is -3.33. The van der Waals surface area contributed by atoms with Gasteiger partial charge in [0.15, 0.2) is 5.82 Å². The summed E-state index contributed by atoms with van der Waals surface area (Å²) in [5.41, 5.74) is 0.820. The summed E-state index contributed by atoms with van der Waals surface area (Å²) in [7, 11) is 0. The summed E-state index contributed by atoms with van der Waals surface area (Å²) in [4.78, 5) is 25.1. The molecule has 0 unspecified atom stereocenters. The molecule has 0 saturated carbocycles. The molecule has 1 saturated heterocycles. The van der Waals surface area contributed by atoms with Gasteiger partial charge in [-0.25, -0.2) is 14.8 Å². The van der Waals surface area contributed by atoms with Crippen LogP contribution >= 0.6 is 11.6 Å². The largest absolute Gasteiger partial charge is 0.416 e. The molecule has 1 aromatic heterocycles. The van der Waals surface area contributed by atoms with Gasteiger partial charge in [0, 0.05) is 54.2 Å². The molecule has 1 fully saturated rings. The van der Waals surface area contributed by atoms with Crippen molar-refractivity contribution < 1.29 is 18.0 Å². The molecule has 6 nitrogen and oxygen atoms in total. The molecule has 172 valence electrons. The number of aromatic nitrogens is 2. The van der Waals surface area contributed by atoms with Gasteiger partial charge < -0.3 is 15.1 Å². The van der Waals surface area contributed by atoms with Crippen LogP contribution in [0, 0.1) is 6.92 Å². The van der Waals surface area contributed by atoms with Gasteiger partial charge in [-0.2, -0.15) is 13.2 Å². The first kappa shape index (κ1) is 22.8. The third-order valence-electron chi connectivity index (χ3n) is 5.26. The molecule has 2 aromatic carbocycles. The summed E-state index contributed by atoms with van der Waals surface area (Å²) in [6, 6.07) is 13.5. The molecule has 1 N–H and O–H groups in total. The average Bonchev–Trinajstić information content (AvgIpc) is 2.78. The Morgan fingerprint density at radius 2 is 1.73 bits per heavy atom. The van der Waals surface area contributed by atoms with Gasteiger partial charge >= 0.3 is 12.2 Å². The van der Waals surface area contributed by atoms with Gasteiger partial charge in [-0.3, -0.25) is 0 Å². The molecule has 0 atom stereocenters. The van der Waals surface area contributed by atoms with Gasteiger partial charge in [0.25, 0.3) is 0 Å². The number of hydrogen-bond acceptors (Lipinski definition) is 4. The number of piperazine rings is 1. The topological polar surface area (TPSA) is 61.4 Å². The van der Waals surface area contributed by atoms with Crippen molar-refractivity contribution in [3.63, 3.8) is 0 Å². The third-order valence-corrected chi connectivity index (χ3v) is 5.49. The molecule has 10 heteroatoms. The number of carbonyl (C=O) groups is 1. The minimum atomic E-state index is -4.44. The number of carbonyl (C=O) groups excluding carboxylic acids is 1. The Balaban J connectivity index is 1.46. The molecule has 4 rings (SSSR count). The number of nitrogens with one attached hydrogen (secondary N) is 1. The number of nitrogens with zero attached hydrogens (tertiary/aromatic N) is 4. The van der Waals surface area contributed by atoms with E-state index in [1.165, 1.54) is 6.07 Å². The van der Waals surface area contributed by atoms with E-state index in [-0.39, 0.29) is 11.9 Å². The van der Waals surface area contributed by atoms with Crippen LogP contribution in [0.1, 0.15) is 11.3 Å². The minimum Gasteiger partial charge on any atom is -0.353 e. The van der Waals surface area contributed by atoms with Crippen LogP contribution in [0.2, 0.25) is 5.02 Å². The summed E-state index contributed by atoms with van der Waals surface area (Å²) in [5, 5.41) is 3.37. The van der Waals surface area contributed by atoms with Crippen LogP contribution in [-0.2, 0) is 6.18 Å². The lowest BCUT2D eigenvalue weighted by Crippen LogP contribution is -2.50. The fourth-order valence-electron chi connectivity index (χ4n) is 3.59. The summed E-state index contributed by atoms with van der Waals surface area (Å²) in [6.45, 7) is 3.77. The van der Waals surface area contributed by atoms with Crippen LogP contribution in [0.3, 0.4) is 0 Å². The lowest BCUT2D eigenvalue weighted by molar-refractivity contribution is -0.137. The maximum absolute atomic E-state index is 13.1. The van der Waals surface area contributed by atoms with Gasteiger partial charge in [-0.05, 0) is 37.3 Å². The smallest absolute Gasteiger partial charge is 0.353 e. The number of halogens is 4. The molecule has 0 radical (unpaired) electrons. The molecular weight excluding hydrogens is 455 g/mol. The van der Waals surface area contributed by atoms with E-state index in [1.54, 1.807) is 48.2 Å². The van der Waals surface area contributed by atoms with E-state index in [4.69, 9.17) is 11.6 Å². The van der Waals surface area contributed by atoms with Gasteiger partial charge in [-0.1, -0.05) is 29.8 Å². The number of alkyl halides is 3. The first-order valence-corrected chi connectivity index (χ1v) is 10.7. The Bertz CT molecular complexity index is 1160. The van der Waals surface area contributed by atoms with Crippen LogP contribution in [0.4, 0.5) is 29.5 Å². The zero-order valence-corrected chi connectivity index (χ0v) is 18.5. The highest BCUT2D eigenvalue weighted by molar-refractivity contribution is 6.30. The lowest BCUT2D eigenvalue weighted by atomic mass is 10.1. The van der Waals surface area contributed by atoms with Crippen molar-refractivity contribution in [3.05, 3.63) is 70.9 Å². The van der Waals surface area contributed by atoms with E-state index in [1.807, 2.05) is 4.90 Å². The Morgan fingerprint density at radius 1 is 1.00 bits per heavy atom. The fraction of sp³-hybridized carbons (Fsp3) is 0.261. The first-order valence-electron chi connectivity index (χ1n) is 10.3. The number of urea groups is 1. The van der Waals surface area contributed by atoms with Gasteiger partial charge in [0.1, 0.15) is 5.82 Å². The number of anilines is 2. The van der Waals surface area contributed by atoms with Crippen LogP contribution < -0.4 is 10.2 Å². The number of hydrogen-bond donors (Lipinski definition) is 1. The molecule has 1 aliphatic rings. The van der Waals surface area contributed by atoms with E-state index in [0.717, 1.165) is 12.1 Å². The second kappa shape index (κ2) is 9.27. The third kappa shape index (κ3) is 5.54. The monoisotopic (exact) mass is 475 g/mol. The van der Waals surface area contributed by atoms with Crippen LogP contribution in [0.15, 0.2) is 54.6 Å². The maximum Gasteiger partial charge on any atom is 0.416 e. The van der Waals surface area contributed by atoms with Crippen molar-refractivity contribution in [2.24, 2.45) is 0 Å². The zero-order chi connectivity index (χ0) is 23.6. The van der Waals surface area contributed by atoms with Crippen LogP contribution in [-0.4, -0.2) is 47.1 Å². The summed E-state index contributed by atoms with van der Waals surface area (Å²) < 4.78 is 39.3. The van der Waals surface area contributed by atoms with E-state index < -0.39 is 11.7 Å². The minimum absolute atomic E-state index is 0.222. The highest BCUT2D eigenvalue weighted by atomic mass is 35.5. The second-order valence-corrected chi connectivity index (χ2v) is 8.12. The van der Waals surface area contributed by atoms with Crippen LogP contribution in [0.25, 0.3) is 11.4 Å². The van der Waals surface area contributed by atoms with E-state index in [9.17, 15) is 18.0 Å². The molecule has 2 heterocycles. The maximum atomic E-state index is 13.1. The van der Waals surface area contributed by atoms with Gasteiger partial charge in [0.2, 0.25) is 0 Å². The molecule has 0 spiro atoms. The number of benzene rings is 2. The zero-order valence-electron chi connectivity index (χ0n) is 17.7. The standard InChI is InChI=1S/C23H21ClF3N5O/c1-15-12-20(30-21(28-15)16-4-2-5-17(13-16)23(25,26)27)31-8-10-32(11-9-31)22(33)29-19-7-3-6-18(24)14-19/h2-7,12-14H,8-11H2,1H3,(H,29,33). The number of amides is 2. The fourth-order valence-corrected chi connectivity index (χ4v) is 3.78. The van der Waals surface area contributed by atoms with Crippen molar-refractivity contribution in [1.82, 2.24) is 14.9 Å². The molecule has 1 aliphatic heterocycles. The molecule has 3 aromatic rings. The Kier molecular flexibility index (Phi) is 6.42. The quantitative estimate of drug-likeness (QED) is 0.545. The molecular formula is C23H21ClF3N5O. The van der Waals surface area contributed by atoms with Crippen molar-refractivity contribution in [1.29, 1.82) is 0 Å². The van der Waals surface area contributed by atoms with Gasteiger partial charge in [0.05, 0.1) is 5.56 Å². The van der Waals surface area contributed by atoms with E-state index in [0.29, 0.717) is 54.0 Å².